The van der Waals surface area contributed by atoms with Gasteiger partial charge in [-0.15, -0.1) is 0 Å². The van der Waals surface area contributed by atoms with Gasteiger partial charge >= 0.3 is 0 Å². The number of aromatic nitrogens is 2. The number of hydrogen-bond donors (Lipinski definition) is 4. The lowest BCUT2D eigenvalue weighted by atomic mass is 10.6. The second-order valence-electron chi connectivity index (χ2n) is 2.93. The number of H-pyrrole nitrogens is 1. The minimum absolute atomic E-state index is 0.0663. The monoisotopic (exact) mass is 247 g/mol. The quantitative estimate of drug-likeness (QED) is 0.498. The van der Waals surface area contributed by atoms with Crippen molar-refractivity contribution in [2.24, 2.45) is 0 Å². The highest BCUT2D eigenvalue weighted by Gasteiger charge is 2.19. The number of likely N-dealkylation sites (N-methyl/N-ethyl adjacent to an activating group) is 1. The van der Waals surface area contributed by atoms with Crippen LogP contribution in [0, 0.1) is 0 Å². The molecule has 1 amide bonds. The molecule has 0 saturated heterocycles. The zero-order chi connectivity index (χ0) is 12.2. The van der Waals surface area contributed by atoms with E-state index >= 15 is 0 Å². The summed E-state index contributed by atoms with van der Waals surface area (Å²) in [5, 5.41) is 8.23. The third kappa shape index (κ3) is 2.94. The molecule has 0 spiro atoms. The van der Waals surface area contributed by atoms with Crippen LogP contribution in [0.25, 0.3) is 0 Å². The van der Waals surface area contributed by atoms with Crippen molar-refractivity contribution in [1.29, 1.82) is 0 Å². The fourth-order valence-corrected chi connectivity index (χ4v) is 2.00. The third-order valence-corrected chi connectivity index (χ3v) is 3.15. The molecule has 1 aromatic rings. The number of nitrogen functional groups attached to an aromatic ring is 1. The first kappa shape index (κ1) is 12.5. The Kier molecular flexibility index (Phi) is 3.85. The maximum absolute atomic E-state index is 11.6. The first-order valence-corrected chi connectivity index (χ1v) is 6.01. The number of hydrogen-bond acceptors (Lipinski definition) is 5. The van der Waals surface area contributed by atoms with E-state index in [1.807, 2.05) is 0 Å². The number of carbonyl (C=O) groups excluding carboxylic acids is 1. The van der Waals surface area contributed by atoms with Crippen molar-refractivity contribution < 1.29 is 13.2 Å². The van der Waals surface area contributed by atoms with Crippen molar-refractivity contribution in [3.05, 3.63) is 6.20 Å². The molecule has 0 bridgehead atoms. The van der Waals surface area contributed by atoms with Gasteiger partial charge in [-0.1, -0.05) is 0 Å². The van der Waals surface area contributed by atoms with Gasteiger partial charge in [0.2, 0.25) is 15.9 Å². The van der Waals surface area contributed by atoms with E-state index in [1.165, 1.54) is 0 Å². The molecule has 1 aromatic heterocycles. The number of aromatic amines is 1. The van der Waals surface area contributed by atoms with Crippen molar-refractivity contribution in [1.82, 2.24) is 20.2 Å². The van der Waals surface area contributed by atoms with E-state index in [9.17, 15) is 13.2 Å². The van der Waals surface area contributed by atoms with Gasteiger partial charge in [0.25, 0.3) is 0 Å². The minimum atomic E-state index is -3.79. The number of nitrogens with one attached hydrogen (secondary N) is 3. The molecule has 0 saturated carbocycles. The summed E-state index contributed by atoms with van der Waals surface area (Å²) in [6, 6.07) is 0. The van der Waals surface area contributed by atoms with Gasteiger partial charge < -0.3 is 11.1 Å². The van der Waals surface area contributed by atoms with Gasteiger partial charge in [0, 0.05) is 6.54 Å². The summed E-state index contributed by atoms with van der Waals surface area (Å²) in [7, 11) is -3.79. The van der Waals surface area contributed by atoms with Gasteiger partial charge in [0.1, 0.15) is 10.7 Å². The average Bonchev–Trinajstić information content (AvgIpc) is 2.63. The Bertz CT molecular complexity index is 466. The first-order chi connectivity index (χ1) is 7.47. The molecule has 1 rings (SSSR count). The van der Waals surface area contributed by atoms with Gasteiger partial charge in [0.05, 0.1) is 12.7 Å². The molecule has 0 radical (unpaired) electrons. The van der Waals surface area contributed by atoms with E-state index in [4.69, 9.17) is 5.73 Å². The van der Waals surface area contributed by atoms with Crippen LogP contribution in [0.2, 0.25) is 0 Å². The van der Waals surface area contributed by atoms with Crippen molar-refractivity contribution >= 4 is 21.7 Å². The molecule has 5 N–H and O–H groups in total. The van der Waals surface area contributed by atoms with E-state index in [0.717, 1.165) is 6.20 Å². The van der Waals surface area contributed by atoms with Crippen LogP contribution in [0.5, 0.6) is 0 Å². The maximum Gasteiger partial charge on any atom is 0.246 e. The van der Waals surface area contributed by atoms with Crippen LogP contribution >= 0.6 is 0 Å². The Morgan fingerprint density at radius 1 is 1.62 bits per heavy atom. The summed E-state index contributed by atoms with van der Waals surface area (Å²) < 4.78 is 25.3. The van der Waals surface area contributed by atoms with Gasteiger partial charge in [-0.3, -0.25) is 9.89 Å². The molecule has 0 aliphatic heterocycles. The predicted molar refractivity (Wildman–Crippen MR) is 56.9 cm³/mol. The van der Waals surface area contributed by atoms with Crippen LogP contribution in [0.15, 0.2) is 11.1 Å². The number of sulfonamides is 1. The zero-order valence-corrected chi connectivity index (χ0v) is 9.47. The normalized spacial score (nSPS) is 11.3. The molecule has 9 heteroatoms. The Morgan fingerprint density at radius 3 is 2.81 bits per heavy atom. The van der Waals surface area contributed by atoms with E-state index < -0.39 is 15.9 Å². The smallest absolute Gasteiger partial charge is 0.246 e. The lowest BCUT2D eigenvalue weighted by Crippen LogP contribution is -2.36. The fourth-order valence-electron chi connectivity index (χ4n) is 0.997. The Morgan fingerprint density at radius 2 is 2.31 bits per heavy atom. The molecule has 0 unspecified atom stereocenters. The number of nitrogens with two attached hydrogens (primary N) is 1. The summed E-state index contributed by atoms with van der Waals surface area (Å²) in [6.07, 6.45) is 1.08. The molecule has 0 fully saturated rings. The zero-order valence-electron chi connectivity index (χ0n) is 8.65. The molecular weight excluding hydrogens is 234 g/mol. The molecule has 0 atom stereocenters. The van der Waals surface area contributed by atoms with Crippen LogP contribution in [0.4, 0.5) is 5.82 Å². The Balaban J connectivity index is 2.67. The number of nitrogens with zero attached hydrogens (tertiary/aromatic N) is 1. The largest absolute Gasteiger partial charge is 0.383 e. The van der Waals surface area contributed by atoms with Crippen molar-refractivity contribution in [3.8, 4) is 0 Å². The second-order valence-corrected chi connectivity index (χ2v) is 4.66. The van der Waals surface area contributed by atoms with Crippen molar-refractivity contribution in [2.45, 2.75) is 11.8 Å². The highest BCUT2D eigenvalue weighted by atomic mass is 32.2. The molecule has 16 heavy (non-hydrogen) atoms. The molecule has 1 heterocycles. The van der Waals surface area contributed by atoms with Crippen LogP contribution in [0.1, 0.15) is 6.92 Å². The fraction of sp³-hybridized carbons (Fsp3) is 0.429. The molecule has 0 aromatic carbocycles. The average molecular weight is 247 g/mol. The number of anilines is 1. The summed E-state index contributed by atoms with van der Waals surface area (Å²) in [5.41, 5.74) is 5.35. The van der Waals surface area contributed by atoms with Crippen LogP contribution in [0.3, 0.4) is 0 Å². The van der Waals surface area contributed by atoms with Crippen molar-refractivity contribution in [2.75, 3.05) is 18.8 Å². The Hall–Kier alpha value is -1.61. The third-order valence-electron chi connectivity index (χ3n) is 1.72. The Labute approximate surface area is 92.7 Å². The number of carbonyl (C=O) groups is 1. The molecule has 0 aliphatic rings. The van der Waals surface area contributed by atoms with E-state index in [0.29, 0.717) is 6.54 Å². The van der Waals surface area contributed by atoms with Gasteiger partial charge in [-0.2, -0.15) is 5.10 Å². The maximum atomic E-state index is 11.6. The van der Waals surface area contributed by atoms with E-state index in [1.54, 1.807) is 6.92 Å². The summed E-state index contributed by atoms with van der Waals surface area (Å²) in [5.74, 6) is -0.475. The lowest BCUT2D eigenvalue weighted by Gasteiger charge is -2.05. The number of amides is 1. The lowest BCUT2D eigenvalue weighted by molar-refractivity contribution is -0.119. The number of rotatable bonds is 5. The highest BCUT2D eigenvalue weighted by molar-refractivity contribution is 7.89. The molecule has 8 nitrogen and oxygen atoms in total. The second kappa shape index (κ2) is 4.94. The predicted octanol–water partition coefficient (Wildman–Crippen LogP) is -1.59. The van der Waals surface area contributed by atoms with Gasteiger partial charge in [-0.25, -0.2) is 13.1 Å². The van der Waals surface area contributed by atoms with Crippen LogP contribution < -0.4 is 15.8 Å². The summed E-state index contributed by atoms with van der Waals surface area (Å²) in [6.45, 7) is 1.84. The topological polar surface area (TPSA) is 130 Å². The standard InChI is InChI=1S/C7H13N5O3S/c1-2-9-6(13)4-11-16(14,15)5-3-10-12-7(5)8/h3,11H,2,4H2,1H3,(H,9,13)(H3,8,10,12). The highest BCUT2D eigenvalue weighted by Crippen LogP contribution is 2.12. The first-order valence-electron chi connectivity index (χ1n) is 4.52. The van der Waals surface area contributed by atoms with Crippen molar-refractivity contribution in [3.63, 3.8) is 0 Å². The molecule has 90 valence electrons. The molecular formula is C7H13N5O3S. The summed E-state index contributed by atoms with van der Waals surface area (Å²) in [4.78, 5) is 10.9. The summed E-state index contributed by atoms with van der Waals surface area (Å²) >= 11 is 0. The van der Waals surface area contributed by atoms with Crippen LogP contribution in [-0.4, -0.2) is 37.6 Å². The molecule has 0 aliphatic carbocycles. The van der Waals surface area contributed by atoms with Gasteiger partial charge in [0.15, 0.2) is 0 Å². The van der Waals surface area contributed by atoms with Gasteiger partial charge in [-0.05, 0) is 6.92 Å². The SMILES string of the molecule is CCNC(=O)CNS(=O)(=O)c1cn[nH]c1N. The van der Waals surface area contributed by atoms with E-state index in [2.05, 4.69) is 20.2 Å². The van der Waals surface area contributed by atoms with E-state index in [-0.39, 0.29) is 17.3 Å². The van der Waals surface area contributed by atoms with Crippen LogP contribution in [-0.2, 0) is 14.8 Å². The minimum Gasteiger partial charge on any atom is -0.383 e.